The number of primary amides is 1. The number of aryl methyl sites for hydroxylation is 1. The maximum atomic E-state index is 12.7. The van der Waals surface area contributed by atoms with Gasteiger partial charge < -0.3 is 16.4 Å². The van der Waals surface area contributed by atoms with Crippen LogP contribution >= 0.6 is 11.6 Å². The second-order valence-corrected chi connectivity index (χ2v) is 8.02. The molecular weight excluding hydrogens is 394 g/mol. The average Bonchev–Trinajstić information content (AvgIpc) is 3.16. The molecule has 0 saturated heterocycles. The SMILES string of the molecule is CNC(=O)C1=NCNC1(C(N)=O)C1CCC(C(=O)Nc2ccc(C)cc2Cl)CC1. The minimum absolute atomic E-state index is 0.0955. The Morgan fingerprint density at radius 2 is 1.93 bits per heavy atom. The summed E-state index contributed by atoms with van der Waals surface area (Å²) in [6.45, 7) is 2.10. The molecule has 1 aliphatic heterocycles. The largest absolute Gasteiger partial charge is 0.368 e. The van der Waals surface area contributed by atoms with Gasteiger partial charge in [0.15, 0.2) is 0 Å². The summed E-state index contributed by atoms with van der Waals surface area (Å²) in [5, 5.41) is 8.96. The number of amides is 3. The molecule has 1 aliphatic carbocycles. The fourth-order valence-corrected chi connectivity index (χ4v) is 4.59. The third-order valence-electron chi connectivity index (χ3n) is 5.89. The van der Waals surface area contributed by atoms with Gasteiger partial charge in [0.25, 0.3) is 5.91 Å². The van der Waals surface area contributed by atoms with Gasteiger partial charge in [-0.2, -0.15) is 0 Å². The molecule has 0 bridgehead atoms. The molecule has 2 aliphatic rings. The minimum Gasteiger partial charge on any atom is -0.368 e. The first-order valence-corrected chi connectivity index (χ1v) is 10.1. The molecule has 1 aromatic rings. The quantitative estimate of drug-likeness (QED) is 0.574. The van der Waals surface area contributed by atoms with Crippen molar-refractivity contribution < 1.29 is 14.4 Å². The second kappa shape index (κ2) is 8.51. The van der Waals surface area contributed by atoms with Crippen LogP contribution in [0, 0.1) is 18.8 Å². The molecule has 0 radical (unpaired) electrons. The lowest BCUT2D eigenvalue weighted by molar-refractivity contribution is -0.126. The van der Waals surface area contributed by atoms with Gasteiger partial charge in [-0.15, -0.1) is 0 Å². The lowest BCUT2D eigenvalue weighted by Gasteiger charge is -2.39. The molecule has 9 heteroatoms. The molecule has 1 aromatic carbocycles. The van der Waals surface area contributed by atoms with Crippen molar-refractivity contribution in [2.45, 2.75) is 38.1 Å². The van der Waals surface area contributed by atoms with E-state index in [4.69, 9.17) is 17.3 Å². The standard InChI is InChI=1S/C20H26ClN5O3/c1-11-3-8-15(14(21)9-11)26-17(27)12-4-6-13(7-5-12)20(19(22)29)16(18(28)23-2)24-10-25-20/h3,8-9,12-13,25H,4-7,10H2,1-2H3,(H2,22,29)(H,23,28)(H,26,27). The number of carbonyl (C=O) groups is 3. The van der Waals surface area contributed by atoms with Crippen LogP contribution in [0.3, 0.4) is 0 Å². The highest BCUT2D eigenvalue weighted by atomic mass is 35.5. The van der Waals surface area contributed by atoms with Crippen molar-refractivity contribution >= 4 is 40.7 Å². The van der Waals surface area contributed by atoms with Crippen LogP contribution in [0.1, 0.15) is 31.2 Å². The van der Waals surface area contributed by atoms with Gasteiger partial charge in [-0.3, -0.25) is 24.7 Å². The van der Waals surface area contributed by atoms with Crippen LogP contribution < -0.4 is 21.7 Å². The monoisotopic (exact) mass is 419 g/mol. The number of nitrogens with two attached hydrogens (primary N) is 1. The van der Waals surface area contributed by atoms with Crippen LogP contribution in [-0.4, -0.2) is 42.7 Å². The van der Waals surface area contributed by atoms with Crippen molar-refractivity contribution in [1.29, 1.82) is 0 Å². The van der Waals surface area contributed by atoms with Gasteiger partial charge in [-0.05, 0) is 56.2 Å². The summed E-state index contributed by atoms with van der Waals surface area (Å²) in [6, 6.07) is 5.48. The molecule has 1 unspecified atom stereocenters. The Bertz CT molecular complexity index is 864. The topological polar surface area (TPSA) is 126 Å². The van der Waals surface area contributed by atoms with E-state index < -0.39 is 17.4 Å². The zero-order valence-electron chi connectivity index (χ0n) is 16.5. The minimum atomic E-state index is -1.29. The van der Waals surface area contributed by atoms with Crippen molar-refractivity contribution in [3.8, 4) is 0 Å². The highest BCUT2D eigenvalue weighted by Crippen LogP contribution is 2.38. The summed E-state index contributed by atoms with van der Waals surface area (Å²) in [4.78, 5) is 41.5. The number of anilines is 1. The van der Waals surface area contributed by atoms with Crippen molar-refractivity contribution in [2.24, 2.45) is 22.6 Å². The third kappa shape index (κ3) is 4.00. The Labute approximate surface area is 174 Å². The zero-order chi connectivity index (χ0) is 21.2. The van der Waals surface area contributed by atoms with Gasteiger partial charge in [0, 0.05) is 13.0 Å². The molecule has 1 saturated carbocycles. The van der Waals surface area contributed by atoms with Crippen LogP contribution in [0.25, 0.3) is 0 Å². The zero-order valence-corrected chi connectivity index (χ0v) is 17.3. The molecule has 1 heterocycles. The van der Waals surface area contributed by atoms with Crippen LogP contribution in [0.2, 0.25) is 5.02 Å². The average molecular weight is 420 g/mol. The van der Waals surface area contributed by atoms with Crippen molar-refractivity contribution in [3.05, 3.63) is 28.8 Å². The first kappa shape index (κ1) is 21.3. The van der Waals surface area contributed by atoms with Crippen LogP contribution in [0.5, 0.6) is 0 Å². The number of nitrogens with zero attached hydrogens (tertiary/aromatic N) is 1. The van der Waals surface area contributed by atoms with E-state index in [0.717, 1.165) is 5.56 Å². The summed E-state index contributed by atoms with van der Waals surface area (Å²) < 4.78 is 0. The highest BCUT2D eigenvalue weighted by Gasteiger charge is 2.54. The Morgan fingerprint density at radius 3 is 2.52 bits per heavy atom. The summed E-state index contributed by atoms with van der Waals surface area (Å²) in [6.07, 6.45) is 2.31. The molecule has 1 atom stereocenters. The van der Waals surface area contributed by atoms with Gasteiger partial charge >= 0.3 is 0 Å². The number of rotatable bonds is 5. The summed E-state index contributed by atoms with van der Waals surface area (Å²) in [5.41, 5.74) is 6.16. The van der Waals surface area contributed by atoms with E-state index in [0.29, 0.717) is 36.4 Å². The number of hydrogen-bond donors (Lipinski definition) is 4. The summed E-state index contributed by atoms with van der Waals surface area (Å²) in [7, 11) is 1.49. The number of hydrogen-bond acceptors (Lipinski definition) is 5. The predicted molar refractivity (Wildman–Crippen MR) is 112 cm³/mol. The molecule has 5 N–H and O–H groups in total. The molecule has 0 spiro atoms. The molecule has 1 fully saturated rings. The Hall–Kier alpha value is -2.45. The number of carbonyl (C=O) groups excluding carboxylic acids is 3. The van der Waals surface area contributed by atoms with E-state index >= 15 is 0 Å². The van der Waals surface area contributed by atoms with Gasteiger partial charge in [-0.1, -0.05) is 17.7 Å². The molecule has 3 amide bonds. The van der Waals surface area contributed by atoms with Gasteiger partial charge in [0.05, 0.1) is 17.4 Å². The Balaban J connectivity index is 1.69. The van der Waals surface area contributed by atoms with E-state index in [1.165, 1.54) is 7.05 Å². The number of halogens is 1. The summed E-state index contributed by atoms with van der Waals surface area (Å²) in [5.74, 6) is -1.53. The molecule has 0 aromatic heterocycles. The Kier molecular flexibility index (Phi) is 6.24. The lowest BCUT2D eigenvalue weighted by atomic mass is 9.69. The highest BCUT2D eigenvalue weighted by molar-refractivity contribution is 6.47. The van der Waals surface area contributed by atoms with Gasteiger partial charge in [0.1, 0.15) is 11.3 Å². The maximum absolute atomic E-state index is 12.7. The van der Waals surface area contributed by atoms with E-state index in [9.17, 15) is 14.4 Å². The molecule has 3 rings (SSSR count). The van der Waals surface area contributed by atoms with E-state index in [1.807, 2.05) is 13.0 Å². The molecule has 29 heavy (non-hydrogen) atoms. The summed E-state index contributed by atoms with van der Waals surface area (Å²) >= 11 is 6.21. The first-order valence-electron chi connectivity index (χ1n) is 9.68. The molecule has 156 valence electrons. The van der Waals surface area contributed by atoms with Crippen molar-refractivity contribution in [2.75, 3.05) is 19.0 Å². The van der Waals surface area contributed by atoms with Crippen LogP contribution in [0.4, 0.5) is 5.69 Å². The fourth-order valence-electron chi connectivity index (χ4n) is 4.31. The lowest BCUT2D eigenvalue weighted by Crippen LogP contribution is -2.65. The predicted octanol–water partition coefficient (Wildman–Crippen LogP) is 1.37. The van der Waals surface area contributed by atoms with Crippen LogP contribution in [-0.2, 0) is 14.4 Å². The van der Waals surface area contributed by atoms with Crippen molar-refractivity contribution in [3.63, 3.8) is 0 Å². The third-order valence-corrected chi connectivity index (χ3v) is 6.20. The number of aliphatic imine (C=N–C) groups is 1. The van der Waals surface area contributed by atoms with E-state index in [-0.39, 0.29) is 30.1 Å². The van der Waals surface area contributed by atoms with Gasteiger partial charge in [0.2, 0.25) is 11.8 Å². The number of nitrogens with one attached hydrogen (secondary N) is 3. The second-order valence-electron chi connectivity index (χ2n) is 7.61. The normalized spacial score (nSPS) is 26.5. The first-order chi connectivity index (χ1) is 13.8. The Morgan fingerprint density at radius 1 is 1.24 bits per heavy atom. The number of benzene rings is 1. The van der Waals surface area contributed by atoms with E-state index in [1.54, 1.807) is 12.1 Å². The van der Waals surface area contributed by atoms with E-state index in [2.05, 4.69) is 20.9 Å². The molecular formula is C20H26ClN5O3. The molecule has 8 nitrogen and oxygen atoms in total. The van der Waals surface area contributed by atoms with Crippen LogP contribution in [0.15, 0.2) is 23.2 Å². The van der Waals surface area contributed by atoms with Gasteiger partial charge in [-0.25, -0.2) is 0 Å². The maximum Gasteiger partial charge on any atom is 0.267 e. The fraction of sp³-hybridized carbons (Fsp3) is 0.500. The smallest absolute Gasteiger partial charge is 0.267 e. The van der Waals surface area contributed by atoms with Crippen molar-refractivity contribution in [1.82, 2.24) is 10.6 Å².